The molecule has 5 nitrogen and oxygen atoms in total. The molecule has 0 radical (unpaired) electrons. The lowest BCUT2D eigenvalue weighted by atomic mass is 10.1. The van der Waals surface area contributed by atoms with E-state index in [9.17, 15) is 9.90 Å². The molecule has 0 aliphatic carbocycles. The Balaban J connectivity index is 2.55. The molecule has 0 saturated carbocycles. The molecule has 0 aliphatic heterocycles. The van der Waals surface area contributed by atoms with Crippen LogP contribution in [0, 0.1) is 0 Å². The van der Waals surface area contributed by atoms with Gasteiger partial charge in [-0.05, 0) is 13.0 Å². The number of rotatable bonds is 3. The standard InChI is InChI=1S/C13H14ClN3O2/c1-7(15)6-10-16-12(18)11(13(19)17-10)8-4-2-3-5-9(8)14/h2-5,7H,6,15H2,1H3,(H2,16,17,18,19). The second kappa shape index (κ2) is 5.42. The normalized spacial score (nSPS) is 12.4. The molecule has 2 rings (SSSR count). The first-order valence-corrected chi connectivity index (χ1v) is 6.19. The molecule has 2 aromatic rings. The fourth-order valence-electron chi connectivity index (χ4n) is 1.82. The van der Waals surface area contributed by atoms with Crippen molar-refractivity contribution < 1.29 is 5.11 Å². The van der Waals surface area contributed by atoms with Gasteiger partial charge in [-0.25, -0.2) is 0 Å². The third kappa shape index (κ3) is 2.94. The second-order valence-corrected chi connectivity index (χ2v) is 4.78. The number of aromatic nitrogens is 2. The molecule has 4 N–H and O–H groups in total. The number of nitrogens with two attached hydrogens (primary N) is 1. The predicted octanol–water partition coefficient (Wildman–Crippen LogP) is 1.69. The van der Waals surface area contributed by atoms with Crippen molar-refractivity contribution in [3.05, 3.63) is 45.5 Å². The highest BCUT2D eigenvalue weighted by molar-refractivity contribution is 6.33. The van der Waals surface area contributed by atoms with Gasteiger partial charge in [0.15, 0.2) is 0 Å². The minimum Gasteiger partial charge on any atom is -0.493 e. The molecule has 1 unspecified atom stereocenters. The molecule has 19 heavy (non-hydrogen) atoms. The van der Waals surface area contributed by atoms with Crippen LogP contribution < -0.4 is 11.3 Å². The Morgan fingerprint density at radius 1 is 1.47 bits per heavy atom. The second-order valence-electron chi connectivity index (χ2n) is 4.37. The minimum absolute atomic E-state index is 0.0685. The van der Waals surface area contributed by atoms with Gasteiger partial charge >= 0.3 is 0 Å². The molecule has 0 bridgehead atoms. The average molecular weight is 280 g/mol. The monoisotopic (exact) mass is 279 g/mol. The smallest absolute Gasteiger partial charge is 0.262 e. The van der Waals surface area contributed by atoms with Gasteiger partial charge < -0.3 is 15.8 Å². The van der Waals surface area contributed by atoms with Crippen molar-refractivity contribution in [1.29, 1.82) is 0 Å². The Morgan fingerprint density at radius 3 is 2.74 bits per heavy atom. The van der Waals surface area contributed by atoms with Crippen LogP contribution in [0.2, 0.25) is 5.02 Å². The van der Waals surface area contributed by atoms with Gasteiger partial charge in [-0.15, -0.1) is 0 Å². The lowest BCUT2D eigenvalue weighted by Crippen LogP contribution is -2.22. The molecule has 1 atom stereocenters. The van der Waals surface area contributed by atoms with Gasteiger partial charge in [-0.2, -0.15) is 4.98 Å². The lowest BCUT2D eigenvalue weighted by molar-refractivity contribution is 0.449. The number of nitrogens with one attached hydrogen (secondary N) is 1. The van der Waals surface area contributed by atoms with Crippen molar-refractivity contribution in [2.75, 3.05) is 0 Å². The first-order chi connectivity index (χ1) is 8.99. The maximum absolute atomic E-state index is 12.0. The number of benzene rings is 1. The first-order valence-electron chi connectivity index (χ1n) is 5.81. The topological polar surface area (TPSA) is 92.0 Å². The summed E-state index contributed by atoms with van der Waals surface area (Å²) < 4.78 is 0. The highest BCUT2D eigenvalue weighted by Crippen LogP contribution is 2.29. The van der Waals surface area contributed by atoms with Crippen LogP contribution in [0.25, 0.3) is 11.1 Å². The maximum Gasteiger partial charge on any atom is 0.262 e. The Morgan fingerprint density at radius 2 is 2.16 bits per heavy atom. The zero-order valence-corrected chi connectivity index (χ0v) is 11.1. The summed E-state index contributed by atoms with van der Waals surface area (Å²) in [4.78, 5) is 18.6. The fourth-order valence-corrected chi connectivity index (χ4v) is 2.05. The van der Waals surface area contributed by atoms with Crippen molar-refractivity contribution in [2.45, 2.75) is 19.4 Å². The molecule has 1 aromatic carbocycles. The lowest BCUT2D eigenvalue weighted by Gasteiger charge is -2.08. The number of halogens is 1. The molecular formula is C13H14ClN3O2. The van der Waals surface area contributed by atoms with E-state index in [1.54, 1.807) is 31.2 Å². The van der Waals surface area contributed by atoms with Crippen LogP contribution in [-0.2, 0) is 6.42 Å². The van der Waals surface area contributed by atoms with Gasteiger partial charge in [0.05, 0.1) is 0 Å². The van der Waals surface area contributed by atoms with E-state index in [0.29, 0.717) is 22.8 Å². The Bertz CT molecular complexity index is 653. The van der Waals surface area contributed by atoms with E-state index in [2.05, 4.69) is 9.97 Å². The van der Waals surface area contributed by atoms with E-state index >= 15 is 0 Å². The molecule has 1 heterocycles. The van der Waals surface area contributed by atoms with Crippen LogP contribution in [0.1, 0.15) is 12.7 Å². The van der Waals surface area contributed by atoms with Crippen LogP contribution in [0.15, 0.2) is 29.1 Å². The minimum atomic E-state index is -0.434. The first kappa shape index (κ1) is 13.6. The van der Waals surface area contributed by atoms with Gasteiger partial charge in [0.25, 0.3) is 5.56 Å². The molecule has 0 fully saturated rings. The van der Waals surface area contributed by atoms with Crippen LogP contribution in [0.3, 0.4) is 0 Å². The van der Waals surface area contributed by atoms with Gasteiger partial charge in [-0.1, -0.05) is 29.8 Å². The van der Waals surface area contributed by atoms with Crippen molar-refractivity contribution in [3.8, 4) is 17.0 Å². The highest BCUT2D eigenvalue weighted by Gasteiger charge is 2.15. The SMILES string of the molecule is CC(N)Cc1nc(O)c(-c2ccccc2Cl)c(=O)[nH]1. The molecule has 0 saturated heterocycles. The van der Waals surface area contributed by atoms with E-state index in [-0.39, 0.29) is 17.5 Å². The highest BCUT2D eigenvalue weighted by atomic mass is 35.5. The maximum atomic E-state index is 12.0. The molecule has 6 heteroatoms. The predicted molar refractivity (Wildman–Crippen MR) is 74.3 cm³/mol. The van der Waals surface area contributed by atoms with E-state index in [4.69, 9.17) is 17.3 Å². The largest absolute Gasteiger partial charge is 0.493 e. The Hall–Kier alpha value is -1.85. The molecule has 0 amide bonds. The number of H-pyrrole nitrogens is 1. The summed E-state index contributed by atoms with van der Waals surface area (Å²) in [5.41, 5.74) is 5.71. The van der Waals surface area contributed by atoms with Gasteiger partial charge in [0, 0.05) is 23.0 Å². The quantitative estimate of drug-likeness (QED) is 0.797. The number of aromatic amines is 1. The summed E-state index contributed by atoms with van der Waals surface area (Å²) in [5, 5.41) is 10.3. The van der Waals surface area contributed by atoms with E-state index < -0.39 is 5.56 Å². The van der Waals surface area contributed by atoms with Crippen molar-refractivity contribution in [3.63, 3.8) is 0 Å². The summed E-state index contributed by atoms with van der Waals surface area (Å²) in [5.74, 6) is 0.0146. The van der Waals surface area contributed by atoms with Crippen LogP contribution in [-0.4, -0.2) is 21.1 Å². The Kier molecular flexibility index (Phi) is 3.87. The molecule has 100 valence electrons. The summed E-state index contributed by atoms with van der Waals surface area (Å²) in [6, 6.07) is 6.62. The Labute approximate surface area is 115 Å². The van der Waals surface area contributed by atoms with Crippen molar-refractivity contribution in [1.82, 2.24) is 9.97 Å². The van der Waals surface area contributed by atoms with Crippen molar-refractivity contribution >= 4 is 11.6 Å². The third-order valence-electron chi connectivity index (χ3n) is 2.61. The molecule has 0 spiro atoms. The third-order valence-corrected chi connectivity index (χ3v) is 2.94. The number of hydrogen-bond donors (Lipinski definition) is 3. The summed E-state index contributed by atoms with van der Waals surface area (Å²) >= 11 is 6.02. The molecular weight excluding hydrogens is 266 g/mol. The van der Waals surface area contributed by atoms with Gasteiger partial charge in [0.1, 0.15) is 11.4 Å². The molecule has 0 aliphatic rings. The van der Waals surface area contributed by atoms with Crippen LogP contribution in [0.5, 0.6) is 5.88 Å². The van der Waals surface area contributed by atoms with E-state index in [1.807, 2.05) is 0 Å². The number of hydrogen-bond acceptors (Lipinski definition) is 4. The summed E-state index contributed by atoms with van der Waals surface area (Å²) in [7, 11) is 0. The number of nitrogens with zero attached hydrogens (tertiary/aromatic N) is 1. The number of aromatic hydroxyl groups is 1. The zero-order valence-electron chi connectivity index (χ0n) is 10.4. The van der Waals surface area contributed by atoms with E-state index in [1.165, 1.54) is 0 Å². The fraction of sp³-hybridized carbons (Fsp3) is 0.231. The van der Waals surface area contributed by atoms with E-state index in [0.717, 1.165) is 0 Å². The van der Waals surface area contributed by atoms with Gasteiger partial charge in [0.2, 0.25) is 5.88 Å². The average Bonchev–Trinajstić information content (AvgIpc) is 2.29. The molecule has 1 aromatic heterocycles. The summed E-state index contributed by atoms with van der Waals surface area (Å²) in [6.07, 6.45) is 0.381. The zero-order chi connectivity index (χ0) is 14.0. The van der Waals surface area contributed by atoms with Gasteiger partial charge in [-0.3, -0.25) is 4.79 Å². The summed E-state index contributed by atoms with van der Waals surface area (Å²) in [6.45, 7) is 1.79. The van der Waals surface area contributed by atoms with Crippen molar-refractivity contribution in [2.24, 2.45) is 5.73 Å². The van der Waals surface area contributed by atoms with Crippen LogP contribution >= 0.6 is 11.6 Å². The van der Waals surface area contributed by atoms with Crippen LogP contribution in [0.4, 0.5) is 0 Å².